The van der Waals surface area contributed by atoms with Crippen molar-refractivity contribution in [2.75, 3.05) is 31.3 Å². The Morgan fingerprint density at radius 1 is 1.35 bits per heavy atom. The van der Waals surface area contributed by atoms with Gasteiger partial charge in [0.1, 0.15) is 0 Å². The quantitative estimate of drug-likeness (QED) is 0.299. The van der Waals surface area contributed by atoms with Gasteiger partial charge in [-0.25, -0.2) is 0 Å². The van der Waals surface area contributed by atoms with Gasteiger partial charge in [0.25, 0.3) is 11.8 Å². The summed E-state index contributed by atoms with van der Waals surface area (Å²) < 4.78 is 32.8. The van der Waals surface area contributed by atoms with Crippen molar-refractivity contribution >= 4 is 29.0 Å². The normalized spacial score (nSPS) is 15.4. The van der Waals surface area contributed by atoms with Crippen LogP contribution in [0.3, 0.4) is 0 Å². The van der Waals surface area contributed by atoms with Crippen molar-refractivity contribution in [3.63, 3.8) is 0 Å². The molecule has 1 fully saturated rings. The molecular formula is C21H24N8O5. The number of carbonyl (C=O) groups excluding carboxylic acids is 2. The molecule has 2 aromatic heterocycles. The van der Waals surface area contributed by atoms with Crippen molar-refractivity contribution in [3.8, 4) is 17.2 Å². The van der Waals surface area contributed by atoms with Crippen LogP contribution in [0.15, 0.2) is 28.8 Å². The van der Waals surface area contributed by atoms with E-state index in [4.69, 9.17) is 19.1 Å². The second kappa shape index (κ2) is 9.80. The van der Waals surface area contributed by atoms with Gasteiger partial charge >= 0.3 is 0 Å². The van der Waals surface area contributed by atoms with Crippen molar-refractivity contribution in [1.82, 2.24) is 25.7 Å². The number of amides is 2. The highest BCUT2D eigenvalue weighted by atomic mass is 16.5. The first-order valence-electron chi connectivity index (χ1n) is 11.7. The Bertz CT molecular complexity index is 1310. The van der Waals surface area contributed by atoms with Gasteiger partial charge in [-0.2, -0.15) is 4.98 Å². The minimum Gasteiger partial charge on any atom is -0.494 e. The van der Waals surface area contributed by atoms with E-state index in [2.05, 4.69) is 31.0 Å². The molecule has 4 rings (SSSR count). The zero-order chi connectivity index (χ0) is 26.7. The predicted octanol–water partition coefficient (Wildman–Crippen LogP) is 0.979. The number of nitrogens with zero attached hydrogens (tertiary/aromatic N) is 4. The maximum absolute atomic E-state index is 12.7. The van der Waals surface area contributed by atoms with E-state index in [0.717, 1.165) is 12.8 Å². The molecule has 178 valence electrons. The summed E-state index contributed by atoms with van der Waals surface area (Å²) >= 11 is 0. The van der Waals surface area contributed by atoms with Gasteiger partial charge in [-0.1, -0.05) is 11.2 Å². The van der Waals surface area contributed by atoms with Crippen LogP contribution in [0, 0.1) is 5.92 Å². The van der Waals surface area contributed by atoms with Gasteiger partial charge in [-0.05, 0) is 25.0 Å². The van der Waals surface area contributed by atoms with Crippen molar-refractivity contribution < 1.29 is 28.1 Å². The van der Waals surface area contributed by atoms with E-state index < -0.39 is 18.9 Å². The molecule has 2 heterocycles. The molecular weight excluding hydrogens is 444 g/mol. The number of para-hydroxylation sites is 1. The zero-order valence-electron chi connectivity index (χ0n) is 21.0. The highest BCUT2D eigenvalue weighted by molar-refractivity contribution is 6.00. The summed E-state index contributed by atoms with van der Waals surface area (Å²) in [7, 11) is 1.40. The molecule has 1 atom stereocenters. The molecule has 2 amide bonds. The number of nitrogens with one attached hydrogen (secondary N) is 3. The zero-order valence-corrected chi connectivity index (χ0v) is 18.0. The number of carbonyl (C=O) groups is 2. The number of aliphatic hydroxyl groups excluding tert-OH is 1. The topological polar surface area (TPSA) is 190 Å². The molecule has 1 aliphatic rings. The molecule has 1 aromatic carbocycles. The number of benzene rings is 1. The van der Waals surface area contributed by atoms with E-state index in [-0.39, 0.29) is 53.1 Å². The third kappa shape index (κ3) is 4.79. The second-order valence-electron chi connectivity index (χ2n) is 7.47. The molecule has 34 heavy (non-hydrogen) atoms. The van der Waals surface area contributed by atoms with Gasteiger partial charge in [0.2, 0.25) is 5.91 Å². The lowest BCUT2D eigenvalue weighted by Crippen LogP contribution is -2.22. The summed E-state index contributed by atoms with van der Waals surface area (Å²) in [5.41, 5.74) is 6.16. The van der Waals surface area contributed by atoms with Gasteiger partial charge in [-0.3, -0.25) is 9.59 Å². The van der Waals surface area contributed by atoms with E-state index >= 15 is 0 Å². The number of hydrogen-bond donors (Lipinski definition) is 5. The van der Waals surface area contributed by atoms with E-state index in [1.807, 2.05) is 5.32 Å². The molecule has 6 N–H and O–H groups in total. The number of hydrogen-bond acceptors (Lipinski definition) is 11. The average Bonchev–Trinajstić information content (AvgIpc) is 3.59. The second-order valence-corrected chi connectivity index (χ2v) is 7.47. The van der Waals surface area contributed by atoms with Crippen LogP contribution in [-0.2, 0) is 4.79 Å². The van der Waals surface area contributed by atoms with Crippen LogP contribution in [0.5, 0.6) is 5.75 Å². The van der Waals surface area contributed by atoms with Crippen LogP contribution >= 0.6 is 0 Å². The van der Waals surface area contributed by atoms with Crippen molar-refractivity contribution in [2.45, 2.75) is 18.9 Å². The fourth-order valence-corrected chi connectivity index (χ4v) is 3.09. The Labute approximate surface area is 198 Å². The largest absolute Gasteiger partial charge is 0.494 e. The number of nitrogens with two attached hydrogens (primary N) is 1. The highest BCUT2D eigenvalue weighted by Crippen LogP contribution is 2.38. The van der Waals surface area contributed by atoms with Crippen LogP contribution in [0.4, 0.5) is 17.2 Å². The summed E-state index contributed by atoms with van der Waals surface area (Å²) in [6, 6.07) is 5.42. The maximum Gasteiger partial charge on any atom is 0.273 e. The number of rotatable bonds is 9. The standard InChI is InChI=1S/C21H24N8O5/c1-23-20(32)16-14(8-15(27-28-16)25-19(31)10-6-7-10)24-13-5-3-4-11(17(13)33-2)21-26-18(29-34-21)12(22)9-30/h3-5,8,10,12,30H,6-7,9,22H2,1-2H3,(H,23,32)(H2,24,25,27,31)/t12-/m0/s1/i1D3. The first-order chi connectivity index (χ1) is 17.6. The van der Waals surface area contributed by atoms with Crippen LogP contribution in [-0.4, -0.2) is 58.0 Å². The highest BCUT2D eigenvalue weighted by Gasteiger charge is 2.30. The van der Waals surface area contributed by atoms with Crippen LogP contribution < -0.4 is 26.4 Å². The number of aliphatic hydroxyl groups is 1. The smallest absolute Gasteiger partial charge is 0.273 e. The van der Waals surface area contributed by atoms with Crippen LogP contribution in [0.2, 0.25) is 0 Å². The van der Waals surface area contributed by atoms with Crippen molar-refractivity contribution in [3.05, 3.63) is 35.8 Å². The Kier molecular flexibility index (Phi) is 5.59. The summed E-state index contributed by atoms with van der Waals surface area (Å²) in [6.45, 7) is -3.15. The summed E-state index contributed by atoms with van der Waals surface area (Å²) in [5.74, 6) is -0.887. The first kappa shape index (κ1) is 19.4. The van der Waals surface area contributed by atoms with Crippen molar-refractivity contribution in [1.29, 1.82) is 0 Å². The monoisotopic (exact) mass is 471 g/mol. The number of methoxy groups -OCH3 is 1. The third-order valence-corrected chi connectivity index (χ3v) is 5.01. The molecule has 0 bridgehead atoms. The number of anilines is 3. The molecule has 3 aromatic rings. The van der Waals surface area contributed by atoms with Gasteiger partial charge in [-0.15, -0.1) is 10.2 Å². The fraction of sp³-hybridized carbons (Fsp3) is 0.333. The summed E-state index contributed by atoms with van der Waals surface area (Å²) in [5, 5.41) is 28.2. The predicted molar refractivity (Wildman–Crippen MR) is 120 cm³/mol. The lowest BCUT2D eigenvalue weighted by atomic mass is 10.1. The third-order valence-electron chi connectivity index (χ3n) is 5.01. The fourth-order valence-electron chi connectivity index (χ4n) is 3.09. The van der Waals surface area contributed by atoms with E-state index in [1.54, 1.807) is 18.2 Å². The molecule has 0 aliphatic heterocycles. The Morgan fingerprint density at radius 3 is 2.88 bits per heavy atom. The van der Waals surface area contributed by atoms with E-state index in [9.17, 15) is 14.7 Å². The Morgan fingerprint density at radius 2 is 2.18 bits per heavy atom. The van der Waals surface area contributed by atoms with Gasteiger partial charge < -0.3 is 36.1 Å². The Hall–Kier alpha value is -4.10. The molecule has 0 radical (unpaired) electrons. The average molecular weight is 471 g/mol. The summed E-state index contributed by atoms with van der Waals surface area (Å²) in [6.07, 6.45) is 1.54. The molecule has 0 spiro atoms. The molecule has 0 saturated heterocycles. The van der Waals surface area contributed by atoms with Gasteiger partial charge in [0.05, 0.1) is 36.7 Å². The van der Waals surface area contributed by atoms with Crippen LogP contribution in [0.25, 0.3) is 11.5 Å². The SMILES string of the molecule is [2H]C([2H])([2H])NC(=O)c1nnc(NC(=O)C2CC2)cc1Nc1cccc(-c2nc([C@@H](N)CO)no2)c1OC. The summed E-state index contributed by atoms with van der Waals surface area (Å²) in [4.78, 5) is 29.1. The molecule has 13 nitrogen and oxygen atoms in total. The minimum atomic E-state index is -2.77. The van der Waals surface area contributed by atoms with E-state index in [0.29, 0.717) is 11.3 Å². The molecule has 13 heteroatoms. The molecule has 1 aliphatic carbocycles. The molecule has 1 saturated carbocycles. The lowest BCUT2D eigenvalue weighted by Gasteiger charge is -2.15. The van der Waals surface area contributed by atoms with Crippen LogP contribution in [0.1, 0.15) is 39.3 Å². The lowest BCUT2D eigenvalue weighted by molar-refractivity contribution is -0.117. The first-order valence-corrected chi connectivity index (χ1v) is 10.2. The van der Waals surface area contributed by atoms with E-state index in [1.165, 1.54) is 13.2 Å². The van der Waals surface area contributed by atoms with Crippen molar-refractivity contribution in [2.24, 2.45) is 11.7 Å². The Balaban J connectivity index is 1.71. The number of ether oxygens (including phenoxy) is 1. The maximum atomic E-state index is 12.7. The van der Waals surface area contributed by atoms with Gasteiger partial charge in [0.15, 0.2) is 23.1 Å². The molecule has 0 unspecified atom stereocenters. The number of aromatic nitrogens is 4. The van der Waals surface area contributed by atoms with Gasteiger partial charge in [0, 0.05) is 23.1 Å². The minimum absolute atomic E-state index is 0.0480.